The van der Waals surface area contributed by atoms with Gasteiger partial charge in [0.1, 0.15) is 0 Å². The molecule has 0 spiro atoms. The molecule has 0 aromatic carbocycles. The minimum atomic E-state index is 0.451. The Morgan fingerprint density at radius 2 is 2.06 bits per heavy atom. The average molecular weight is 247 g/mol. The lowest BCUT2D eigenvalue weighted by molar-refractivity contribution is 0.378. The lowest BCUT2D eigenvalue weighted by atomic mass is 9.92. The summed E-state index contributed by atoms with van der Waals surface area (Å²) in [6, 6.07) is 2.61. The van der Waals surface area contributed by atoms with Crippen molar-refractivity contribution in [3.05, 3.63) is 17.5 Å². The van der Waals surface area contributed by atoms with E-state index in [1.807, 2.05) is 6.92 Å². The Morgan fingerprint density at radius 3 is 2.61 bits per heavy atom. The maximum Gasteiger partial charge on any atom is 0.223 e. The van der Waals surface area contributed by atoms with Gasteiger partial charge >= 0.3 is 0 Å². The van der Waals surface area contributed by atoms with Crippen LogP contribution >= 0.6 is 0 Å². The molecule has 1 atom stereocenters. The summed E-state index contributed by atoms with van der Waals surface area (Å²) < 4.78 is 0. The van der Waals surface area contributed by atoms with Gasteiger partial charge in [-0.2, -0.15) is 0 Å². The third kappa shape index (κ3) is 3.21. The molecule has 1 unspecified atom stereocenters. The Balaban J connectivity index is 2.10. The Labute approximate surface area is 110 Å². The number of nitrogens with zero attached hydrogens (tertiary/aromatic N) is 2. The molecule has 0 aliphatic heterocycles. The maximum atomic E-state index is 4.62. The number of rotatable bonds is 3. The summed E-state index contributed by atoms with van der Waals surface area (Å²) in [6.45, 7) is 11.1. The molecule has 100 valence electrons. The second kappa shape index (κ2) is 4.87. The second-order valence-electron chi connectivity index (χ2n) is 6.66. The third-order valence-electron chi connectivity index (χ3n) is 3.77. The molecule has 1 fully saturated rings. The third-order valence-corrected chi connectivity index (χ3v) is 3.77. The van der Waals surface area contributed by atoms with Gasteiger partial charge < -0.3 is 5.32 Å². The van der Waals surface area contributed by atoms with E-state index >= 15 is 0 Å². The quantitative estimate of drug-likeness (QED) is 0.880. The topological polar surface area (TPSA) is 37.8 Å². The zero-order valence-electron chi connectivity index (χ0n) is 12.2. The molecule has 1 aromatic rings. The SMILES string of the molecule is Cc1cc(C(C)C)nc(NC2CCC(C)(C)C2)n1. The second-order valence-corrected chi connectivity index (χ2v) is 6.66. The molecule has 2 rings (SSSR count). The zero-order chi connectivity index (χ0) is 13.3. The highest BCUT2D eigenvalue weighted by atomic mass is 15.1. The van der Waals surface area contributed by atoms with E-state index in [4.69, 9.17) is 0 Å². The van der Waals surface area contributed by atoms with Gasteiger partial charge in [0, 0.05) is 17.4 Å². The summed E-state index contributed by atoms with van der Waals surface area (Å²) in [4.78, 5) is 9.13. The Bertz CT molecular complexity index is 424. The first-order valence-electron chi connectivity index (χ1n) is 6.98. The van der Waals surface area contributed by atoms with Crippen molar-refractivity contribution in [2.45, 2.75) is 65.8 Å². The summed E-state index contributed by atoms with van der Waals surface area (Å²) in [5, 5.41) is 3.51. The fourth-order valence-corrected chi connectivity index (χ4v) is 2.70. The molecule has 0 saturated heterocycles. The fourth-order valence-electron chi connectivity index (χ4n) is 2.70. The maximum absolute atomic E-state index is 4.62. The largest absolute Gasteiger partial charge is 0.351 e. The van der Waals surface area contributed by atoms with Crippen LogP contribution in [0.5, 0.6) is 0 Å². The smallest absolute Gasteiger partial charge is 0.223 e. The Kier molecular flexibility index (Phi) is 3.60. The molecule has 1 aliphatic carbocycles. The molecule has 1 N–H and O–H groups in total. The number of hydrogen-bond acceptors (Lipinski definition) is 3. The predicted octanol–water partition coefficient (Wildman–Crippen LogP) is 3.90. The molecule has 0 radical (unpaired) electrons. The van der Waals surface area contributed by atoms with Crippen LogP contribution in [-0.4, -0.2) is 16.0 Å². The number of anilines is 1. The van der Waals surface area contributed by atoms with E-state index in [0.717, 1.165) is 17.3 Å². The molecule has 1 heterocycles. The van der Waals surface area contributed by atoms with Gasteiger partial charge in [0.25, 0.3) is 0 Å². The summed E-state index contributed by atoms with van der Waals surface area (Å²) in [6.07, 6.45) is 3.72. The van der Waals surface area contributed by atoms with Gasteiger partial charge in [-0.25, -0.2) is 9.97 Å². The van der Waals surface area contributed by atoms with Crippen molar-refractivity contribution in [3.63, 3.8) is 0 Å². The number of nitrogens with one attached hydrogen (secondary N) is 1. The van der Waals surface area contributed by atoms with Crippen LogP contribution in [-0.2, 0) is 0 Å². The van der Waals surface area contributed by atoms with Crippen LogP contribution < -0.4 is 5.32 Å². The highest BCUT2D eigenvalue weighted by Crippen LogP contribution is 2.38. The van der Waals surface area contributed by atoms with Crippen LogP contribution in [0.3, 0.4) is 0 Å². The average Bonchev–Trinajstić information content (AvgIpc) is 2.57. The van der Waals surface area contributed by atoms with Crippen LogP contribution in [0.4, 0.5) is 5.95 Å². The monoisotopic (exact) mass is 247 g/mol. The molecule has 18 heavy (non-hydrogen) atoms. The highest BCUT2D eigenvalue weighted by Gasteiger charge is 2.31. The van der Waals surface area contributed by atoms with Crippen LogP contribution in [0.25, 0.3) is 0 Å². The fraction of sp³-hybridized carbons (Fsp3) is 0.733. The number of hydrogen-bond donors (Lipinski definition) is 1. The molecule has 1 aliphatic rings. The van der Waals surface area contributed by atoms with Gasteiger partial charge in [-0.05, 0) is 43.6 Å². The van der Waals surface area contributed by atoms with E-state index in [1.54, 1.807) is 0 Å². The molecular weight excluding hydrogens is 222 g/mol. The van der Waals surface area contributed by atoms with Gasteiger partial charge in [0.2, 0.25) is 5.95 Å². The summed E-state index contributed by atoms with van der Waals surface area (Å²) in [5.41, 5.74) is 2.64. The van der Waals surface area contributed by atoms with Crippen molar-refractivity contribution >= 4 is 5.95 Å². The minimum Gasteiger partial charge on any atom is -0.351 e. The van der Waals surface area contributed by atoms with E-state index in [9.17, 15) is 0 Å². The van der Waals surface area contributed by atoms with Gasteiger partial charge in [0.05, 0.1) is 0 Å². The summed E-state index contributed by atoms with van der Waals surface area (Å²) in [7, 11) is 0. The molecule has 3 nitrogen and oxygen atoms in total. The summed E-state index contributed by atoms with van der Waals surface area (Å²) in [5.74, 6) is 1.26. The van der Waals surface area contributed by atoms with Crippen molar-refractivity contribution in [1.29, 1.82) is 0 Å². The molecular formula is C15H25N3. The van der Waals surface area contributed by atoms with Crippen molar-refractivity contribution in [2.75, 3.05) is 5.32 Å². The first-order chi connectivity index (χ1) is 8.35. The van der Waals surface area contributed by atoms with E-state index < -0.39 is 0 Å². The minimum absolute atomic E-state index is 0.451. The standard InChI is InChI=1S/C15H25N3/c1-10(2)13-8-11(3)16-14(18-13)17-12-6-7-15(4,5)9-12/h8,10,12H,6-7,9H2,1-5H3,(H,16,17,18). The van der Waals surface area contributed by atoms with Crippen LogP contribution in [0, 0.1) is 12.3 Å². The van der Waals surface area contributed by atoms with Gasteiger partial charge in [-0.15, -0.1) is 0 Å². The molecule has 0 bridgehead atoms. The van der Waals surface area contributed by atoms with Crippen LogP contribution in [0.2, 0.25) is 0 Å². The van der Waals surface area contributed by atoms with E-state index in [-0.39, 0.29) is 0 Å². The number of aromatic nitrogens is 2. The van der Waals surface area contributed by atoms with Crippen molar-refractivity contribution < 1.29 is 0 Å². The zero-order valence-corrected chi connectivity index (χ0v) is 12.2. The van der Waals surface area contributed by atoms with Crippen LogP contribution in [0.15, 0.2) is 6.07 Å². The first-order valence-corrected chi connectivity index (χ1v) is 6.98. The molecule has 3 heteroatoms. The van der Waals surface area contributed by atoms with E-state index in [0.29, 0.717) is 17.4 Å². The Hall–Kier alpha value is -1.12. The highest BCUT2D eigenvalue weighted by molar-refractivity contribution is 5.31. The molecule has 1 saturated carbocycles. The van der Waals surface area contributed by atoms with E-state index in [1.165, 1.54) is 19.3 Å². The Morgan fingerprint density at radius 1 is 1.33 bits per heavy atom. The first kappa shape index (κ1) is 13.3. The molecule has 0 amide bonds. The van der Waals surface area contributed by atoms with Gasteiger partial charge in [-0.3, -0.25) is 0 Å². The molecule has 1 aromatic heterocycles. The van der Waals surface area contributed by atoms with Gasteiger partial charge in [-0.1, -0.05) is 27.7 Å². The lowest BCUT2D eigenvalue weighted by Gasteiger charge is -2.18. The van der Waals surface area contributed by atoms with E-state index in [2.05, 4.69) is 49.0 Å². The lowest BCUT2D eigenvalue weighted by Crippen LogP contribution is -2.20. The predicted molar refractivity (Wildman–Crippen MR) is 75.9 cm³/mol. The van der Waals surface area contributed by atoms with Gasteiger partial charge in [0.15, 0.2) is 0 Å². The van der Waals surface area contributed by atoms with Crippen molar-refractivity contribution in [3.8, 4) is 0 Å². The van der Waals surface area contributed by atoms with Crippen molar-refractivity contribution in [1.82, 2.24) is 9.97 Å². The normalized spacial score (nSPS) is 22.4. The van der Waals surface area contributed by atoms with Crippen LogP contribution in [0.1, 0.15) is 64.3 Å². The van der Waals surface area contributed by atoms with Crippen molar-refractivity contribution in [2.24, 2.45) is 5.41 Å². The summed E-state index contributed by atoms with van der Waals surface area (Å²) >= 11 is 0. The number of aryl methyl sites for hydroxylation is 1.